The molecule has 184 valence electrons. The van der Waals surface area contributed by atoms with Gasteiger partial charge in [-0.15, -0.1) is 0 Å². The second-order valence-corrected chi connectivity index (χ2v) is 10.6. The Bertz CT molecular complexity index is 1380. The Hall–Kier alpha value is -2.53. The lowest BCUT2D eigenvalue weighted by Gasteiger charge is -2.14. The number of thioether (sulfide) groups is 1. The van der Waals surface area contributed by atoms with Crippen LogP contribution in [0.1, 0.15) is 21.5 Å². The van der Waals surface area contributed by atoms with Gasteiger partial charge < -0.3 is 9.47 Å². The minimum Gasteiger partial charge on any atom is -0.493 e. The highest BCUT2D eigenvalue weighted by molar-refractivity contribution is 14.1. The van der Waals surface area contributed by atoms with Crippen molar-refractivity contribution in [2.45, 2.75) is 6.61 Å². The third-order valence-corrected chi connectivity index (χ3v) is 7.55. The third kappa shape index (κ3) is 6.05. The third-order valence-electron chi connectivity index (χ3n) is 5.22. The molecule has 0 unspecified atom stereocenters. The average molecular weight is 654 g/mol. The zero-order chi connectivity index (χ0) is 25.8. The van der Waals surface area contributed by atoms with Gasteiger partial charge in [-0.2, -0.15) is 0 Å². The van der Waals surface area contributed by atoms with Crippen molar-refractivity contribution in [3.05, 3.63) is 95.9 Å². The fraction of sp³-hybridized carbons (Fsp3) is 0.115. The number of Topliss-reactive ketones (excluding diaryl/α,β-unsaturated/α-hetero) is 1. The van der Waals surface area contributed by atoms with E-state index in [1.807, 2.05) is 24.3 Å². The zero-order valence-corrected chi connectivity index (χ0v) is 23.3. The Balaban J connectivity index is 1.51. The average Bonchev–Trinajstić information content (AvgIpc) is 3.11. The number of ether oxygens (including phenoxy) is 2. The first kappa shape index (κ1) is 26.5. The molecular weight excluding hydrogens is 636 g/mol. The number of carbonyl (C=O) groups is 3. The van der Waals surface area contributed by atoms with Crippen molar-refractivity contribution in [2.75, 3.05) is 13.7 Å². The van der Waals surface area contributed by atoms with E-state index >= 15 is 0 Å². The molecule has 0 saturated carbocycles. The van der Waals surface area contributed by atoms with Gasteiger partial charge in [-0.1, -0.05) is 41.4 Å². The van der Waals surface area contributed by atoms with Crippen LogP contribution in [0.5, 0.6) is 11.5 Å². The number of carbonyl (C=O) groups excluding carboxylic acids is 3. The van der Waals surface area contributed by atoms with Gasteiger partial charge >= 0.3 is 0 Å². The second-order valence-electron chi connectivity index (χ2n) is 7.61. The summed E-state index contributed by atoms with van der Waals surface area (Å²) in [7, 11) is 1.52. The molecule has 4 rings (SSSR count). The summed E-state index contributed by atoms with van der Waals surface area (Å²) in [5.41, 5.74) is 1.85. The molecule has 1 fully saturated rings. The molecule has 10 heteroatoms. The number of rotatable bonds is 8. The maximum absolute atomic E-state index is 12.9. The van der Waals surface area contributed by atoms with E-state index < -0.39 is 11.1 Å². The summed E-state index contributed by atoms with van der Waals surface area (Å²) >= 11 is 15.0. The quantitative estimate of drug-likeness (QED) is 0.147. The van der Waals surface area contributed by atoms with Crippen LogP contribution >= 0.6 is 57.6 Å². The number of hydrogen-bond donors (Lipinski definition) is 0. The standard InChI is InChI=1S/C26H18Cl2INO5S/c1-34-22-11-15(10-20(29)24(22)35-14-17-4-2-3-5-19(17)28)12-23-25(32)30(26(33)36-23)13-21(31)16-6-8-18(27)9-7-16/h2-12H,13-14H2,1H3/b23-12+. The number of amides is 2. The zero-order valence-electron chi connectivity index (χ0n) is 18.8. The first-order valence-electron chi connectivity index (χ1n) is 10.5. The van der Waals surface area contributed by atoms with E-state index in [9.17, 15) is 14.4 Å². The van der Waals surface area contributed by atoms with E-state index in [0.29, 0.717) is 32.7 Å². The van der Waals surface area contributed by atoms with Crippen LogP contribution < -0.4 is 9.47 Å². The number of benzene rings is 3. The minimum atomic E-state index is -0.527. The molecule has 0 N–H and O–H groups in total. The highest BCUT2D eigenvalue weighted by Crippen LogP contribution is 2.38. The van der Waals surface area contributed by atoms with E-state index in [1.54, 1.807) is 42.5 Å². The fourth-order valence-electron chi connectivity index (χ4n) is 3.39. The molecule has 0 radical (unpaired) electrons. The van der Waals surface area contributed by atoms with Crippen LogP contribution in [0.15, 0.2) is 65.6 Å². The Kier molecular flexibility index (Phi) is 8.61. The van der Waals surface area contributed by atoms with Crippen molar-refractivity contribution < 1.29 is 23.9 Å². The van der Waals surface area contributed by atoms with Gasteiger partial charge in [0, 0.05) is 21.2 Å². The number of methoxy groups -OCH3 is 1. The number of imide groups is 1. The van der Waals surface area contributed by atoms with Crippen molar-refractivity contribution in [2.24, 2.45) is 0 Å². The maximum Gasteiger partial charge on any atom is 0.293 e. The Morgan fingerprint density at radius 3 is 2.50 bits per heavy atom. The first-order valence-corrected chi connectivity index (χ1v) is 13.2. The number of nitrogens with zero attached hydrogens (tertiary/aromatic N) is 1. The molecule has 1 heterocycles. The van der Waals surface area contributed by atoms with Gasteiger partial charge in [0.2, 0.25) is 0 Å². The van der Waals surface area contributed by atoms with Gasteiger partial charge in [0.1, 0.15) is 6.61 Å². The smallest absolute Gasteiger partial charge is 0.293 e. The second kappa shape index (κ2) is 11.7. The van der Waals surface area contributed by atoms with Gasteiger partial charge in [0.15, 0.2) is 17.3 Å². The molecule has 0 atom stereocenters. The summed E-state index contributed by atoms with van der Waals surface area (Å²) in [5, 5.41) is 0.592. The number of hydrogen-bond acceptors (Lipinski definition) is 6. The highest BCUT2D eigenvalue weighted by Gasteiger charge is 2.36. The lowest BCUT2D eigenvalue weighted by molar-refractivity contribution is -0.122. The summed E-state index contributed by atoms with van der Waals surface area (Å²) in [6.07, 6.45) is 1.60. The minimum absolute atomic E-state index is 0.214. The molecule has 6 nitrogen and oxygen atoms in total. The Morgan fingerprint density at radius 2 is 1.81 bits per heavy atom. The molecular formula is C26H18Cl2INO5S. The number of halogens is 3. The van der Waals surface area contributed by atoms with Gasteiger partial charge in [0.25, 0.3) is 11.1 Å². The van der Waals surface area contributed by atoms with Crippen LogP contribution in [-0.2, 0) is 11.4 Å². The van der Waals surface area contributed by atoms with Crippen LogP contribution in [0.25, 0.3) is 6.08 Å². The van der Waals surface area contributed by atoms with Crippen molar-refractivity contribution in [3.8, 4) is 11.5 Å². The van der Waals surface area contributed by atoms with E-state index in [4.69, 9.17) is 32.7 Å². The SMILES string of the molecule is COc1cc(/C=C2/SC(=O)N(CC(=O)c3ccc(Cl)cc3)C2=O)cc(I)c1OCc1ccccc1Cl. The molecule has 36 heavy (non-hydrogen) atoms. The molecule has 0 bridgehead atoms. The van der Waals surface area contributed by atoms with Crippen molar-refractivity contribution >= 4 is 80.6 Å². The van der Waals surface area contributed by atoms with Crippen LogP contribution in [-0.4, -0.2) is 35.5 Å². The molecule has 3 aromatic rings. The largest absolute Gasteiger partial charge is 0.493 e. The van der Waals surface area contributed by atoms with Crippen LogP contribution in [0.2, 0.25) is 10.0 Å². The van der Waals surface area contributed by atoms with Crippen LogP contribution in [0.4, 0.5) is 4.79 Å². The van der Waals surface area contributed by atoms with Crippen molar-refractivity contribution in [3.63, 3.8) is 0 Å². The maximum atomic E-state index is 12.9. The van der Waals surface area contributed by atoms with Crippen molar-refractivity contribution in [1.82, 2.24) is 4.90 Å². The van der Waals surface area contributed by atoms with Gasteiger partial charge in [-0.3, -0.25) is 19.3 Å². The normalized spacial score (nSPS) is 14.4. The first-order chi connectivity index (χ1) is 17.3. The predicted molar refractivity (Wildman–Crippen MR) is 150 cm³/mol. The molecule has 1 aliphatic rings. The monoisotopic (exact) mass is 653 g/mol. The summed E-state index contributed by atoms with van der Waals surface area (Å²) < 4.78 is 12.2. The number of ketones is 1. The van der Waals surface area contributed by atoms with Crippen molar-refractivity contribution in [1.29, 1.82) is 0 Å². The molecule has 3 aromatic carbocycles. The summed E-state index contributed by atoms with van der Waals surface area (Å²) in [6, 6.07) is 17.2. The topological polar surface area (TPSA) is 72.9 Å². The van der Waals surface area contributed by atoms with Crippen LogP contribution in [0, 0.1) is 3.57 Å². The summed E-state index contributed by atoms with van der Waals surface area (Å²) in [4.78, 5) is 39.1. The molecule has 0 aromatic heterocycles. The Morgan fingerprint density at radius 1 is 1.08 bits per heavy atom. The molecule has 1 saturated heterocycles. The van der Waals surface area contributed by atoms with Gasteiger partial charge in [0.05, 0.1) is 22.1 Å². The lowest BCUT2D eigenvalue weighted by Crippen LogP contribution is -2.33. The molecule has 0 spiro atoms. The van der Waals surface area contributed by atoms with E-state index in [1.165, 1.54) is 7.11 Å². The molecule has 0 aliphatic carbocycles. The van der Waals surface area contributed by atoms with Gasteiger partial charge in [-0.25, -0.2) is 0 Å². The van der Waals surface area contributed by atoms with E-state index in [-0.39, 0.29) is 23.8 Å². The Labute approximate surface area is 235 Å². The fourth-order valence-corrected chi connectivity index (χ4v) is 5.32. The molecule has 2 amide bonds. The lowest BCUT2D eigenvalue weighted by atomic mass is 10.1. The molecule has 1 aliphatic heterocycles. The van der Waals surface area contributed by atoms with E-state index in [2.05, 4.69) is 22.6 Å². The van der Waals surface area contributed by atoms with Crippen LogP contribution in [0.3, 0.4) is 0 Å². The predicted octanol–water partition coefficient (Wildman–Crippen LogP) is 7.10. The van der Waals surface area contributed by atoms with E-state index in [0.717, 1.165) is 25.8 Å². The highest BCUT2D eigenvalue weighted by atomic mass is 127. The van der Waals surface area contributed by atoms with Gasteiger partial charge in [-0.05, 0) is 88.5 Å². The summed E-state index contributed by atoms with van der Waals surface area (Å²) in [5.74, 6) is 0.126. The summed E-state index contributed by atoms with van der Waals surface area (Å²) in [6.45, 7) is -0.0920.